The Hall–Kier alpha value is -3.03. The van der Waals surface area contributed by atoms with Crippen LogP contribution in [0.5, 0.6) is 0 Å². The molecule has 1 atom stereocenters. The molecule has 31 heavy (non-hydrogen) atoms. The minimum Gasteiger partial charge on any atom is -0.361 e. The molecule has 4 rings (SSSR count). The van der Waals surface area contributed by atoms with Crippen molar-refractivity contribution in [3.8, 4) is 0 Å². The third-order valence-corrected chi connectivity index (χ3v) is 6.26. The second kappa shape index (κ2) is 9.41. The molecule has 4 amide bonds. The molecule has 8 nitrogen and oxygen atoms in total. The molecular formula is C23H31N5O3. The molecule has 1 aromatic carbocycles. The van der Waals surface area contributed by atoms with Crippen LogP contribution in [0.3, 0.4) is 0 Å². The number of rotatable bonds is 4. The summed E-state index contributed by atoms with van der Waals surface area (Å²) in [7, 11) is 0. The van der Waals surface area contributed by atoms with Crippen LogP contribution in [0, 0.1) is 0 Å². The van der Waals surface area contributed by atoms with Gasteiger partial charge in [-0.25, -0.2) is 4.79 Å². The molecule has 2 aliphatic heterocycles. The maximum Gasteiger partial charge on any atom is 0.320 e. The predicted octanol–water partition coefficient (Wildman–Crippen LogP) is 1.97. The number of hydrogen-bond donors (Lipinski definition) is 2. The second-order valence-corrected chi connectivity index (χ2v) is 8.46. The van der Waals surface area contributed by atoms with Gasteiger partial charge in [0.05, 0.1) is 0 Å². The number of amides is 4. The molecule has 8 heteroatoms. The number of likely N-dealkylation sites (tertiary alicyclic amines) is 1. The largest absolute Gasteiger partial charge is 0.361 e. The second-order valence-electron chi connectivity index (χ2n) is 8.46. The summed E-state index contributed by atoms with van der Waals surface area (Å²) in [5, 5.41) is 3.89. The normalized spacial score (nSPS) is 18.2. The lowest BCUT2D eigenvalue weighted by atomic mass is 10.0. The van der Waals surface area contributed by atoms with Crippen molar-refractivity contribution in [1.82, 2.24) is 25.0 Å². The van der Waals surface area contributed by atoms with Crippen LogP contribution < -0.4 is 5.32 Å². The molecule has 0 unspecified atom stereocenters. The van der Waals surface area contributed by atoms with Crippen molar-refractivity contribution < 1.29 is 14.4 Å². The van der Waals surface area contributed by atoms with Crippen LogP contribution in [0.15, 0.2) is 30.5 Å². The van der Waals surface area contributed by atoms with Crippen molar-refractivity contribution in [2.45, 2.75) is 38.6 Å². The van der Waals surface area contributed by atoms with Crippen LogP contribution in [0.4, 0.5) is 4.79 Å². The number of urea groups is 1. The monoisotopic (exact) mass is 425 g/mol. The van der Waals surface area contributed by atoms with Gasteiger partial charge in [0.2, 0.25) is 11.8 Å². The molecule has 0 radical (unpaired) electrons. The first kappa shape index (κ1) is 21.2. The molecule has 2 N–H and O–H groups in total. The number of piperidine rings is 1. The number of H-pyrrole nitrogens is 1. The van der Waals surface area contributed by atoms with Gasteiger partial charge in [-0.2, -0.15) is 0 Å². The van der Waals surface area contributed by atoms with Crippen LogP contribution in [0.25, 0.3) is 10.9 Å². The lowest BCUT2D eigenvalue weighted by Crippen LogP contribution is -2.58. The number of carbonyl (C=O) groups is 3. The van der Waals surface area contributed by atoms with Crippen molar-refractivity contribution in [3.05, 3.63) is 36.0 Å². The molecule has 2 aromatic rings. The fourth-order valence-electron chi connectivity index (χ4n) is 4.59. The van der Waals surface area contributed by atoms with Gasteiger partial charge in [0.25, 0.3) is 0 Å². The highest BCUT2D eigenvalue weighted by Crippen LogP contribution is 2.20. The van der Waals surface area contributed by atoms with E-state index in [2.05, 4.69) is 10.3 Å². The van der Waals surface area contributed by atoms with Gasteiger partial charge in [-0.15, -0.1) is 0 Å². The van der Waals surface area contributed by atoms with Crippen molar-refractivity contribution >= 4 is 28.7 Å². The third-order valence-electron chi connectivity index (χ3n) is 6.26. The molecule has 2 saturated heterocycles. The van der Waals surface area contributed by atoms with E-state index < -0.39 is 6.04 Å². The first-order valence-corrected chi connectivity index (χ1v) is 11.2. The van der Waals surface area contributed by atoms with Crippen molar-refractivity contribution in [2.75, 3.05) is 39.3 Å². The predicted molar refractivity (Wildman–Crippen MR) is 119 cm³/mol. The quantitative estimate of drug-likeness (QED) is 0.785. The van der Waals surface area contributed by atoms with Gasteiger partial charge >= 0.3 is 6.03 Å². The summed E-state index contributed by atoms with van der Waals surface area (Å²) in [6, 6.07) is 7.40. The van der Waals surface area contributed by atoms with Crippen LogP contribution in [0.2, 0.25) is 0 Å². The lowest BCUT2D eigenvalue weighted by molar-refractivity contribution is -0.137. The standard InChI is InChI=1S/C23H31N5O3/c1-17(29)25-21(15-18-16-24-20-8-4-3-7-19(18)20)22(30)26-11-13-28(14-12-26)23(31)27-9-5-2-6-10-27/h3-4,7-8,16,21,24H,2,5-6,9-15H2,1H3,(H,25,29)/t21-/m1/s1. The van der Waals surface area contributed by atoms with E-state index in [1.807, 2.05) is 40.3 Å². The number of piperazine rings is 1. The van der Waals surface area contributed by atoms with Gasteiger partial charge in [0.1, 0.15) is 6.04 Å². The summed E-state index contributed by atoms with van der Waals surface area (Å²) < 4.78 is 0. The first-order valence-electron chi connectivity index (χ1n) is 11.2. The Labute approximate surface area is 182 Å². The molecule has 0 aliphatic carbocycles. The van der Waals surface area contributed by atoms with Crippen LogP contribution in [0.1, 0.15) is 31.7 Å². The lowest BCUT2D eigenvalue weighted by Gasteiger charge is -2.39. The number of nitrogens with zero attached hydrogens (tertiary/aromatic N) is 3. The van der Waals surface area contributed by atoms with Crippen molar-refractivity contribution in [2.24, 2.45) is 0 Å². The zero-order valence-electron chi connectivity index (χ0n) is 18.1. The molecule has 2 aliphatic rings. The smallest absolute Gasteiger partial charge is 0.320 e. The van der Waals surface area contributed by atoms with E-state index in [4.69, 9.17) is 0 Å². The average Bonchev–Trinajstić information content (AvgIpc) is 3.21. The number of fused-ring (bicyclic) bond motifs is 1. The number of aromatic nitrogens is 1. The minimum atomic E-state index is -0.624. The zero-order valence-corrected chi connectivity index (χ0v) is 18.1. The molecule has 166 valence electrons. The summed E-state index contributed by atoms with van der Waals surface area (Å²) in [4.78, 5) is 46.6. The molecule has 0 spiro atoms. The van der Waals surface area contributed by atoms with Gasteiger partial charge in [-0.1, -0.05) is 18.2 Å². The Morgan fingerprint density at radius 1 is 0.935 bits per heavy atom. The van der Waals surface area contributed by atoms with Gasteiger partial charge in [-0.3, -0.25) is 9.59 Å². The van der Waals surface area contributed by atoms with E-state index in [9.17, 15) is 14.4 Å². The highest BCUT2D eigenvalue weighted by atomic mass is 16.2. The molecular weight excluding hydrogens is 394 g/mol. The van der Waals surface area contributed by atoms with Crippen LogP contribution >= 0.6 is 0 Å². The minimum absolute atomic E-state index is 0.0870. The Morgan fingerprint density at radius 2 is 1.58 bits per heavy atom. The summed E-state index contributed by atoms with van der Waals surface area (Å²) in [6.45, 7) is 5.12. The number of benzene rings is 1. The summed E-state index contributed by atoms with van der Waals surface area (Å²) in [5.74, 6) is -0.317. The maximum atomic E-state index is 13.3. The van der Waals surface area contributed by atoms with Gasteiger partial charge < -0.3 is 25.0 Å². The van der Waals surface area contributed by atoms with E-state index >= 15 is 0 Å². The summed E-state index contributed by atoms with van der Waals surface area (Å²) in [6.07, 6.45) is 5.65. The zero-order chi connectivity index (χ0) is 21.8. The number of para-hydroxylation sites is 1. The molecule has 0 bridgehead atoms. The summed E-state index contributed by atoms with van der Waals surface area (Å²) >= 11 is 0. The van der Waals surface area contributed by atoms with Gasteiger partial charge in [0.15, 0.2) is 0 Å². The Bertz CT molecular complexity index is 942. The first-order chi connectivity index (χ1) is 15.0. The topological polar surface area (TPSA) is 88.7 Å². The fraction of sp³-hybridized carbons (Fsp3) is 0.522. The van der Waals surface area contributed by atoms with E-state index in [1.54, 1.807) is 4.90 Å². The highest BCUT2D eigenvalue weighted by Gasteiger charge is 2.31. The highest BCUT2D eigenvalue weighted by molar-refractivity contribution is 5.89. The molecule has 0 saturated carbocycles. The number of aromatic amines is 1. The van der Waals surface area contributed by atoms with Crippen molar-refractivity contribution in [3.63, 3.8) is 0 Å². The fourth-order valence-corrected chi connectivity index (χ4v) is 4.59. The number of nitrogens with one attached hydrogen (secondary N) is 2. The van der Waals surface area contributed by atoms with Crippen molar-refractivity contribution in [1.29, 1.82) is 0 Å². The Balaban J connectivity index is 1.39. The average molecular weight is 426 g/mol. The van der Waals surface area contributed by atoms with E-state index in [0.717, 1.165) is 42.4 Å². The third kappa shape index (κ3) is 4.84. The molecule has 2 fully saturated rings. The van der Waals surface area contributed by atoms with E-state index in [1.165, 1.54) is 13.3 Å². The Kier molecular flexibility index (Phi) is 6.44. The van der Waals surface area contributed by atoms with Crippen LogP contribution in [-0.2, 0) is 16.0 Å². The number of carbonyl (C=O) groups excluding carboxylic acids is 3. The molecule has 1 aromatic heterocycles. The van der Waals surface area contributed by atoms with E-state index in [-0.39, 0.29) is 17.8 Å². The SMILES string of the molecule is CC(=O)N[C@H](Cc1c[nH]c2ccccc12)C(=O)N1CCN(C(=O)N2CCCCC2)CC1. The summed E-state index contributed by atoms with van der Waals surface area (Å²) in [5.41, 5.74) is 2.01. The van der Waals surface area contributed by atoms with Crippen LogP contribution in [-0.4, -0.2) is 82.8 Å². The Morgan fingerprint density at radius 3 is 2.29 bits per heavy atom. The van der Waals surface area contributed by atoms with Gasteiger partial charge in [0, 0.05) is 69.7 Å². The molecule has 3 heterocycles. The number of hydrogen-bond acceptors (Lipinski definition) is 3. The maximum absolute atomic E-state index is 13.3. The van der Waals surface area contributed by atoms with E-state index in [0.29, 0.717) is 32.6 Å². The van der Waals surface area contributed by atoms with Gasteiger partial charge in [-0.05, 0) is 30.9 Å².